The first kappa shape index (κ1) is 22.0. The van der Waals surface area contributed by atoms with Gasteiger partial charge in [-0.2, -0.15) is 0 Å². The Balaban J connectivity index is 0. The first-order valence-electron chi connectivity index (χ1n) is 9.24. The van der Waals surface area contributed by atoms with Gasteiger partial charge >= 0.3 is 0 Å². The van der Waals surface area contributed by atoms with Crippen molar-refractivity contribution in [2.45, 2.75) is 99.8 Å². The van der Waals surface area contributed by atoms with E-state index < -0.39 is 0 Å². The predicted molar refractivity (Wildman–Crippen MR) is 96.3 cm³/mol. The van der Waals surface area contributed by atoms with E-state index >= 15 is 0 Å². The van der Waals surface area contributed by atoms with Crippen molar-refractivity contribution in [2.75, 3.05) is 0 Å². The smallest absolute Gasteiger partial charge is 0.0265 e. The van der Waals surface area contributed by atoms with Crippen LogP contribution in [0, 0.1) is 17.3 Å². The molecule has 0 heteroatoms. The molecule has 20 heavy (non-hydrogen) atoms. The summed E-state index contributed by atoms with van der Waals surface area (Å²) in [5.74, 6) is 1.59. The molecule has 2 fully saturated rings. The second kappa shape index (κ2) is 13.7. The monoisotopic (exact) mass is 282 g/mol. The van der Waals surface area contributed by atoms with Crippen molar-refractivity contribution in [3.8, 4) is 0 Å². The van der Waals surface area contributed by atoms with Crippen molar-refractivity contribution in [3.05, 3.63) is 12.7 Å². The topological polar surface area (TPSA) is 0 Å². The van der Waals surface area contributed by atoms with Crippen LogP contribution < -0.4 is 0 Å². The van der Waals surface area contributed by atoms with Gasteiger partial charge in [0.2, 0.25) is 0 Å². The molecule has 0 aromatic heterocycles. The molecule has 0 N–H and O–H groups in total. The van der Waals surface area contributed by atoms with Crippen molar-refractivity contribution in [3.63, 3.8) is 0 Å². The summed E-state index contributed by atoms with van der Waals surface area (Å²) in [6.45, 7) is 18.6. The summed E-state index contributed by atoms with van der Waals surface area (Å²) in [6.07, 6.45) is 13.8. The Labute approximate surface area is 130 Å². The average molecular weight is 283 g/mol. The van der Waals surface area contributed by atoms with Gasteiger partial charge in [0.1, 0.15) is 0 Å². The van der Waals surface area contributed by atoms with E-state index in [2.05, 4.69) is 27.4 Å². The molecule has 0 aromatic rings. The first-order chi connectivity index (χ1) is 9.62. The Hall–Kier alpha value is -0.260. The fourth-order valence-corrected chi connectivity index (χ4v) is 2.22. The summed E-state index contributed by atoms with van der Waals surface area (Å²) in [7, 11) is 0. The number of hydrogen-bond acceptors (Lipinski definition) is 0. The molecule has 2 aliphatic carbocycles. The van der Waals surface area contributed by atoms with E-state index in [1.54, 1.807) is 25.7 Å². The van der Waals surface area contributed by atoms with Gasteiger partial charge in [0.05, 0.1) is 0 Å². The van der Waals surface area contributed by atoms with Gasteiger partial charge < -0.3 is 0 Å². The number of hydrogen-bond donors (Lipinski definition) is 0. The zero-order chi connectivity index (χ0) is 16.0. The Morgan fingerprint density at radius 2 is 1.45 bits per heavy atom. The van der Waals surface area contributed by atoms with Crippen molar-refractivity contribution in [1.29, 1.82) is 0 Å². The lowest BCUT2D eigenvalue weighted by Gasteiger charge is -2.23. The van der Waals surface area contributed by atoms with Crippen LogP contribution in [0.4, 0.5) is 0 Å². The zero-order valence-corrected chi connectivity index (χ0v) is 15.6. The maximum Gasteiger partial charge on any atom is -0.0265 e. The molecule has 2 saturated carbocycles. The van der Waals surface area contributed by atoms with E-state index in [-0.39, 0.29) is 0 Å². The van der Waals surface area contributed by atoms with E-state index in [0.29, 0.717) is 5.92 Å². The lowest BCUT2D eigenvalue weighted by molar-refractivity contribution is 0.289. The van der Waals surface area contributed by atoms with E-state index in [9.17, 15) is 0 Å². The van der Waals surface area contributed by atoms with Crippen molar-refractivity contribution in [1.82, 2.24) is 0 Å². The largest absolute Gasteiger partial charge is 0.103 e. The third-order valence-corrected chi connectivity index (χ3v) is 4.59. The predicted octanol–water partition coefficient (Wildman–Crippen LogP) is 7.64. The molecule has 0 radical (unpaired) electrons. The molecule has 0 amide bonds. The highest BCUT2D eigenvalue weighted by molar-refractivity contribution is 4.98. The van der Waals surface area contributed by atoms with Crippen LogP contribution in [0.25, 0.3) is 0 Å². The minimum atomic E-state index is 0.703. The highest BCUT2D eigenvalue weighted by atomic mass is 14.5. The standard InChI is InChI=1S/C10H20.C6H10.2C2H6/c1-5-9(3)7-8-10(4)6-2;1-2-6(3-1)4-5-6;2*1-2/h5,9-10H,1,6-8H2,2-4H3;1-5H2;2*1-2H3. The van der Waals surface area contributed by atoms with Crippen molar-refractivity contribution < 1.29 is 0 Å². The molecule has 1 spiro atoms. The fourth-order valence-electron chi connectivity index (χ4n) is 2.22. The highest BCUT2D eigenvalue weighted by Gasteiger charge is 2.46. The quantitative estimate of drug-likeness (QED) is 0.454. The zero-order valence-electron chi connectivity index (χ0n) is 15.6. The summed E-state index contributed by atoms with van der Waals surface area (Å²) < 4.78 is 0. The Morgan fingerprint density at radius 3 is 1.65 bits per heavy atom. The summed E-state index contributed by atoms with van der Waals surface area (Å²) in [4.78, 5) is 0. The van der Waals surface area contributed by atoms with Gasteiger partial charge in [-0.05, 0) is 49.4 Å². The molecule has 122 valence electrons. The molecule has 2 atom stereocenters. The van der Waals surface area contributed by atoms with Crippen LogP contribution >= 0.6 is 0 Å². The Bertz CT molecular complexity index is 194. The SMILES string of the molecule is C1CC2(C1)CC2.C=CC(C)CCC(C)CC.CC.CC. The minimum absolute atomic E-state index is 0.703. The molecular weight excluding hydrogens is 240 g/mol. The summed E-state index contributed by atoms with van der Waals surface area (Å²) in [6, 6.07) is 0. The van der Waals surface area contributed by atoms with Gasteiger partial charge in [-0.25, -0.2) is 0 Å². The van der Waals surface area contributed by atoms with Crippen LogP contribution in [0.3, 0.4) is 0 Å². The molecule has 0 saturated heterocycles. The Kier molecular flexibility index (Phi) is 15.1. The van der Waals surface area contributed by atoms with Gasteiger partial charge in [-0.15, -0.1) is 6.58 Å². The van der Waals surface area contributed by atoms with Gasteiger partial charge in [0.15, 0.2) is 0 Å². The lowest BCUT2D eigenvalue weighted by atomic mass is 9.82. The molecule has 2 aliphatic rings. The fraction of sp³-hybridized carbons (Fsp3) is 0.900. The van der Waals surface area contributed by atoms with Gasteiger partial charge in [0, 0.05) is 0 Å². The van der Waals surface area contributed by atoms with Crippen LogP contribution in [0.2, 0.25) is 0 Å². The molecule has 2 unspecified atom stereocenters. The highest BCUT2D eigenvalue weighted by Crippen LogP contribution is 2.60. The van der Waals surface area contributed by atoms with Gasteiger partial charge in [-0.3, -0.25) is 0 Å². The summed E-state index contributed by atoms with van der Waals surface area (Å²) in [5.41, 5.74) is 0.972. The molecule has 0 bridgehead atoms. The molecule has 0 aliphatic heterocycles. The second-order valence-electron chi connectivity index (χ2n) is 6.16. The van der Waals surface area contributed by atoms with Crippen LogP contribution in [-0.4, -0.2) is 0 Å². The van der Waals surface area contributed by atoms with Crippen LogP contribution in [0.15, 0.2) is 12.7 Å². The normalized spacial score (nSPS) is 19.6. The average Bonchev–Trinajstić information content (AvgIpc) is 3.30. The van der Waals surface area contributed by atoms with E-state index in [4.69, 9.17) is 0 Å². The van der Waals surface area contributed by atoms with Crippen LogP contribution in [-0.2, 0) is 0 Å². The molecule has 0 heterocycles. The maximum absolute atomic E-state index is 3.76. The first-order valence-corrected chi connectivity index (χ1v) is 9.24. The van der Waals surface area contributed by atoms with Crippen LogP contribution in [0.5, 0.6) is 0 Å². The van der Waals surface area contributed by atoms with E-state index in [0.717, 1.165) is 11.3 Å². The van der Waals surface area contributed by atoms with Crippen molar-refractivity contribution >= 4 is 0 Å². The van der Waals surface area contributed by atoms with Gasteiger partial charge in [-0.1, -0.05) is 73.8 Å². The number of allylic oxidation sites excluding steroid dienone is 1. The van der Waals surface area contributed by atoms with E-state index in [1.165, 1.54) is 25.7 Å². The number of rotatable bonds is 5. The summed E-state index contributed by atoms with van der Waals surface area (Å²) >= 11 is 0. The molecular formula is C20H42. The molecule has 0 nitrogen and oxygen atoms in total. The Morgan fingerprint density at radius 1 is 0.950 bits per heavy atom. The second-order valence-corrected chi connectivity index (χ2v) is 6.16. The van der Waals surface area contributed by atoms with E-state index in [1.807, 2.05) is 33.8 Å². The molecule has 2 rings (SSSR count). The third-order valence-electron chi connectivity index (χ3n) is 4.59. The van der Waals surface area contributed by atoms with Crippen molar-refractivity contribution in [2.24, 2.45) is 17.3 Å². The third kappa shape index (κ3) is 10.5. The lowest BCUT2D eigenvalue weighted by Crippen LogP contribution is -2.10. The van der Waals surface area contributed by atoms with Gasteiger partial charge in [0.25, 0.3) is 0 Å². The minimum Gasteiger partial charge on any atom is -0.103 e. The summed E-state index contributed by atoms with van der Waals surface area (Å²) in [5, 5.41) is 0. The molecule has 0 aromatic carbocycles. The van der Waals surface area contributed by atoms with Crippen LogP contribution in [0.1, 0.15) is 99.8 Å². The maximum atomic E-state index is 3.76.